The molecule has 2 N–H and O–H groups in total. The Hall–Kier alpha value is -1.82. The fourth-order valence-electron chi connectivity index (χ4n) is 2.39. The minimum Gasteiger partial charge on any atom is -0.494 e. The lowest BCUT2D eigenvalue weighted by Gasteiger charge is -2.23. The second kappa shape index (κ2) is 6.56. The van der Waals surface area contributed by atoms with E-state index in [1.54, 1.807) is 11.0 Å². The lowest BCUT2D eigenvalue weighted by molar-refractivity contribution is 0.157. The number of hydrogen-bond donors (Lipinski definition) is 2. The van der Waals surface area contributed by atoms with Crippen LogP contribution in [0.4, 0.5) is 9.18 Å². The molecule has 1 atom stereocenters. The Bertz CT molecular complexity index is 481. The normalized spacial score (nSPS) is 18.1. The number of carbonyl (C=O) groups excluding carboxylic acids is 1. The molecule has 2 amide bonds. The zero-order valence-electron chi connectivity index (χ0n) is 11.4. The van der Waals surface area contributed by atoms with Crippen LogP contribution in [0.2, 0.25) is 0 Å². The average molecular weight is 282 g/mol. The fourth-order valence-corrected chi connectivity index (χ4v) is 2.39. The molecule has 0 saturated carbocycles. The molecule has 0 radical (unpaired) electrons. The minimum atomic E-state index is -0.450. The van der Waals surface area contributed by atoms with Crippen LogP contribution >= 0.6 is 0 Å². The fraction of sp³-hybridized carbons (Fsp3) is 0.500. The summed E-state index contributed by atoms with van der Waals surface area (Å²) in [6.07, 6.45) is 1.72. The van der Waals surface area contributed by atoms with Crippen LogP contribution in [0.5, 0.6) is 5.75 Å². The molecule has 0 aromatic heterocycles. The number of benzene rings is 1. The van der Waals surface area contributed by atoms with Gasteiger partial charge in [0.2, 0.25) is 0 Å². The smallest absolute Gasteiger partial charge is 0.317 e. The van der Waals surface area contributed by atoms with Gasteiger partial charge in [0.25, 0.3) is 0 Å². The monoisotopic (exact) mass is 282 g/mol. The number of likely N-dealkylation sites (tertiary alicyclic amines) is 1. The molecule has 2 rings (SSSR count). The van der Waals surface area contributed by atoms with Crippen molar-refractivity contribution in [2.75, 3.05) is 20.3 Å². The molecule has 0 aliphatic carbocycles. The van der Waals surface area contributed by atoms with Gasteiger partial charge in [-0.2, -0.15) is 0 Å². The summed E-state index contributed by atoms with van der Waals surface area (Å²) in [5.74, 6) is -0.270. The number of aliphatic hydroxyl groups is 1. The predicted octanol–water partition coefficient (Wildman–Crippen LogP) is 1.50. The summed E-state index contributed by atoms with van der Waals surface area (Å²) in [6, 6.07) is 4.24. The highest BCUT2D eigenvalue weighted by Crippen LogP contribution is 2.18. The van der Waals surface area contributed by atoms with Crippen LogP contribution in [0.3, 0.4) is 0 Å². The number of nitrogens with one attached hydrogen (secondary N) is 1. The van der Waals surface area contributed by atoms with E-state index in [0.29, 0.717) is 12.1 Å². The number of halogens is 1. The van der Waals surface area contributed by atoms with Gasteiger partial charge in [-0.05, 0) is 30.5 Å². The van der Waals surface area contributed by atoms with Gasteiger partial charge in [0.05, 0.1) is 19.8 Å². The van der Waals surface area contributed by atoms with Crippen LogP contribution in [-0.4, -0.2) is 42.3 Å². The van der Waals surface area contributed by atoms with Crippen molar-refractivity contribution in [2.45, 2.75) is 25.4 Å². The number of urea groups is 1. The molecule has 1 heterocycles. The number of hydrogen-bond acceptors (Lipinski definition) is 3. The lowest BCUT2D eigenvalue weighted by atomic mass is 10.2. The molecule has 1 aliphatic rings. The highest BCUT2D eigenvalue weighted by molar-refractivity contribution is 5.74. The van der Waals surface area contributed by atoms with Gasteiger partial charge in [-0.15, -0.1) is 0 Å². The van der Waals surface area contributed by atoms with Gasteiger partial charge in [0.1, 0.15) is 0 Å². The Morgan fingerprint density at radius 3 is 3.05 bits per heavy atom. The second-order valence-electron chi connectivity index (χ2n) is 4.80. The molecule has 0 bridgehead atoms. The molecule has 5 nitrogen and oxygen atoms in total. The van der Waals surface area contributed by atoms with Crippen molar-refractivity contribution < 1.29 is 19.0 Å². The van der Waals surface area contributed by atoms with E-state index in [0.717, 1.165) is 12.8 Å². The number of amides is 2. The molecular formula is C14H19FN2O3. The van der Waals surface area contributed by atoms with Gasteiger partial charge in [-0.25, -0.2) is 9.18 Å². The van der Waals surface area contributed by atoms with Crippen LogP contribution in [0.1, 0.15) is 18.4 Å². The van der Waals surface area contributed by atoms with Crippen LogP contribution < -0.4 is 10.1 Å². The van der Waals surface area contributed by atoms with E-state index in [-0.39, 0.29) is 31.0 Å². The molecule has 0 unspecified atom stereocenters. The highest BCUT2D eigenvalue weighted by Gasteiger charge is 2.27. The van der Waals surface area contributed by atoms with E-state index in [2.05, 4.69) is 5.32 Å². The third kappa shape index (κ3) is 3.19. The molecule has 1 aliphatic heterocycles. The first-order valence-electron chi connectivity index (χ1n) is 6.63. The zero-order valence-corrected chi connectivity index (χ0v) is 11.4. The number of carbonyl (C=O) groups is 1. The Labute approximate surface area is 117 Å². The summed E-state index contributed by atoms with van der Waals surface area (Å²) in [5.41, 5.74) is 0.663. The largest absolute Gasteiger partial charge is 0.494 e. The number of nitrogens with zero attached hydrogens (tertiary/aromatic N) is 1. The average Bonchev–Trinajstić information content (AvgIpc) is 2.93. The van der Waals surface area contributed by atoms with E-state index < -0.39 is 5.82 Å². The lowest BCUT2D eigenvalue weighted by Crippen LogP contribution is -2.43. The SMILES string of the molecule is COc1ccc(CNC(=O)N2CCC[C@H]2CO)cc1F. The van der Waals surface area contributed by atoms with E-state index >= 15 is 0 Å². The van der Waals surface area contributed by atoms with Crippen molar-refractivity contribution in [1.29, 1.82) is 0 Å². The van der Waals surface area contributed by atoms with E-state index in [4.69, 9.17) is 4.74 Å². The number of methoxy groups -OCH3 is 1. The van der Waals surface area contributed by atoms with Crippen molar-refractivity contribution in [3.8, 4) is 5.75 Å². The number of rotatable bonds is 4. The van der Waals surface area contributed by atoms with Gasteiger partial charge in [-0.1, -0.05) is 6.07 Å². The van der Waals surface area contributed by atoms with Crippen molar-refractivity contribution in [3.05, 3.63) is 29.6 Å². The maximum Gasteiger partial charge on any atom is 0.317 e. The summed E-state index contributed by atoms with van der Waals surface area (Å²) in [7, 11) is 1.41. The van der Waals surface area contributed by atoms with Crippen molar-refractivity contribution in [3.63, 3.8) is 0 Å². The van der Waals surface area contributed by atoms with Gasteiger partial charge in [-0.3, -0.25) is 0 Å². The van der Waals surface area contributed by atoms with Gasteiger partial charge in [0, 0.05) is 13.1 Å². The second-order valence-corrected chi connectivity index (χ2v) is 4.80. The molecule has 6 heteroatoms. The first-order valence-corrected chi connectivity index (χ1v) is 6.63. The van der Waals surface area contributed by atoms with Crippen LogP contribution in [0.15, 0.2) is 18.2 Å². The number of ether oxygens (including phenoxy) is 1. The van der Waals surface area contributed by atoms with E-state index in [1.807, 2.05) is 0 Å². The summed E-state index contributed by atoms with van der Waals surface area (Å²) in [5, 5.41) is 11.9. The predicted molar refractivity (Wildman–Crippen MR) is 72.0 cm³/mol. The molecular weight excluding hydrogens is 263 g/mol. The third-order valence-corrected chi connectivity index (χ3v) is 3.51. The summed E-state index contributed by atoms with van der Waals surface area (Å²) >= 11 is 0. The molecule has 1 saturated heterocycles. The number of aliphatic hydroxyl groups excluding tert-OH is 1. The van der Waals surface area contributed by atoms with Gasteiger partial charge >= 0.3 is 6.03 Å². The van der Waals surface area contributed by atoms with Crippen molar-refractivity contribution in [2.24, 2.45) is 0 Å². The Morgan fingerprint density at radius 2 is 2.40 bits per heavy atom. The molecule has 1 fully saturated rings. The summed E-state index contributed by atoms with van der Waals surface area (Å²) in [6.45, 7) is 0.868. The quantitative estimate of drug-likeness (QED) is 0.879. The zero-order chi connectivity index (χ0) is 14.5. The Morgan fingerprint density at radius 1 is 1.60 bits per heavy atom. The van der Waals surface area contributed by atoms with Gasteiger partial charge in [0.15, 0.2) is 11.6 Å². The summed E-state index contributed by atoms with van der Waals surface area (Å²) < 4.78 is 18.3. The minimum absolute atomic E-state index is 0.0232. The topological polar surface area (TPSA) is 61.8 Å². The molecule has 20 heavy (non-hydrogen) atoms. The third-order valence-electron chi connectivity index (χ3n) is 3.51. The highest BCUT2D eigenvalue weighted by atomic mass is 19.1. The van der Waals surface area contributed by atoms with Gasteiger partial charge < -0.3 is 20.1 Å². The van der Waals surface area contributed by atoms with E-state index in [9.17, 15) is 14.3 Å². The maximum atomic E-state index is 13.5. The summed E-state index contributed by atoms with van der Waals surface area (Å²) in [4.78, 5) is 13.6. The van der Waals surface area contributed by atoms with Crippen LogP contribution in [0.25, 0.3) is 0 Å². The standard InChI is InChI=1S/C14H19FN2O3/c1-20-13-5-4-10(7-12(13)15)8-16-14(19)17-6-2-3-11(17)9-18/h4-5,7,11,18H,2-3,6,8-9H2,1H3,(H,16,19)/t11-/m0/s1. The van der Waals surface area contributed by atoms with Crippen LogP contribution in [0, 0.1) is 5.82 Å². The molecule has 0 spiro atoms. The van der Waals surface area contributed by atoms with Crippen molar-refractivity contribution in [1.82, 2.24) is 10.2 Å². The first-order chi connectivity index (χ1) is 9.65. The molecule has 110 valence electrons. The van der Waals surface area contributed by atoms with Crippen LogP contribution in [-0.2, 0) is 6.54 Å². The van der Waals surface area contributed by atoms with E-state index in [1.165, 1.54) is 19.2 Å². The van der Waals surface area contributed by atoms with Crippen molar-refractivity contribution >= 4 is 6.03 Å². The first kappa shape index (κ1) is 14.6. The molecule has 1 aromatic rings. The Balaban J connectivity index is 1.91. The molecule has 1 aromatic carbocycles. The Kier molecular flexibility index (Phi) is 4.79. The maximum absolute atomic E-state index is 13.5.